The van der Waals surface area contributed by atoms with E-state index in [-0.39, 0.29) is 12.1 Å². The smallest absolute Gasteiger partial charge is 0.228 e. The van der Waals surface area contributed by atoms with E-state index < -0.39 is 0 Å². The van der Waals surface area contributed by atoms with Gasteiger partial charge in [0.15, 0.2) is 11.9 Å². The second-order valence-electron chi connectivity index (χ2n) is 6.21. The minimum atomic E-state index is 0.00806. The number of halogens is 2. The van der Waals surface area contributed by atoms with Gasteiger partial charge >= 0.3 is 0 Å². The molecule has 2 aromatic rings. The highest BCUT2D eigenvalue weighted by molar-refractivity contribution is 9.10. The number of methoxy groups -OCH3 is 1. The van der Waals surface area contributed by atoms with Crippen molar-refractivity contribution in [3.63, 3.8) is 0 Å². The average molecular weight is 423 g/mol. The van der Waals surface area contributed by atoms with Gasteiger partial charge in [0.25, 0.3) is 0 Å². The summed E-state index contributed by atoms with van der Waals surface area (Å²) >= 11 is 9.45. The molecule has 1 aliphatic carbocycles. The fourth-order valence-corrected chi connectivity index (χ4v) is 3.48. The zero-order valence-electron chi connectivity index (χ0n) is 13.6. The minimum absolute atomic E-state index is 0.00806. The summed E-state index contributed by atoms with van der Waals surface area (Å²) in [7, 11) is 1.59. The minimum Gasteiger partial charge on any atom is -0.480 e. The average Bonchev–Trinajstić information content (AvgIpc) is 3.47. The third kappa shape index (κ3) is 3.46. The van der Waals surface area contributed by atoms with Crippen LogP contribution in [-0.2, 0) is 4.84 Å². The molecule has 1 saturated carbocycles. The normalized spacial score (nSPS) is 22.6. The van der Waals surface area contributed by atoms with Crippen LogP contribution < -0.4 is 10.1 Å². The molecule has 1 fully saturated rings. The van der Waals surface area contributed by atoms with Gasteiger partial charge in [-0.3, -0.25) is 0 Å². The lowest BCUT2D eigenvalue weighted by atomic mass is 9.97. The van der Waals surface area contributed by atoms with E-state index in [1.807, 2.05) is 36.4 Å². The van der Waals surface area contributed by atoms with Crippen LogP contribution in [0.4, 0.5) is 0 Å². The van der Waals surface area contributed by atoms with Gasteiger partial charge in [0.1, 0.15) is 5.69 Å². The SMILES string of the molecule is COc1nc(C2=NO[C@H](C3CC3)[C@H](c3ccc(Cl)cc3)N2)ccc1Br. The van der Waals surface area contributed by atoms with Gasteiger partial charge in [-0.05, 0) is 58.6 Å². The monoisotopic (exact) mass is 421 g/mol. The number of benzene rings is 1. The molecule has 2 aliphatic rings. The van der Waals surface area contributed by atoms with Crippen molar-refractivity contribution >= 4 is 33.4 Å². The molecule has 130 valence electrons. The molecule has 25 heavy (non-hydrogen) atoms. The van der Waals surface area contributed by atoms with Crippen molar-refractivity contribution < 1.29 is 9.57 Å². The Kier molecular flexibility index (Phi) is 4.56. The molecule has 0 spiro atoms. The molecule has 7 heteroatoms. The molecule has 5 nitrogen and oxygen atoms in total. The summed E-state index contributed by atoms with van der Waals surface area (Å²) in [6.07, 6.45) is 2.36. The number of ether oxygens (including phenoxy) is 1. The molecule has 0 saturated heterocycles. The van der Waals surface area contributed by atoms with Gasteiger partial charge in [-0.1, -0.05) is 28.9 Å². The molecule has 4 rings (SSSR count). The predicted octanol–water partition coefficient (Wildman–Crippen LogP) is 4.31. The van der Waals surface area contributed by atoms with E-state index in [1.165, 1.54) is 12.8 Å². The lowest BCUT2D eigenvalue weighted by Crippen LogP contribution is -2.43. The van der Waals surface area contributed by atoms with Gasteiger partial charge in [0, 0.05) is 10.9 Å². The Balaban J connectivity index is 1.65. The summed E-state index contributed by atoms with van der Waals surface area (Å²) in [6.45, 7) is 0. The topological polar surface area (TPSA) is 55.7 Å². The van der Waals surface area contributed by atoms with Gasteiger partial charge < -0.3 is 14.9 Å². The Morgan fingerprint density at radius 2 is 1.96 bits per heavy atom. The maximum absolute atomic E-state index is 6.03. The van der Waals surface area contributed by atoms with Crippen molar-refractivity contribution in [1.29, 1.82) is 0 Å². The predicted molar refractivity (Wildman–Crippen MR) is 100.0 cm³/mol. The third-order valence-electron chi connectivity index (χ3n) is 4.45. The largest absolute Gasteiger partial charge is 0.480 e. The second-order valence-corrected chi connectivity index (χ2v) is 7.50. The fourth-order valence-electron chi connectivity index (χ4n) is 2.98. The van der Waals surface area contributed by atoms with Gasteiger partial charge in [-0.2, -0.15) is 0 Å². The summed E-state index contributed by atoms with van der Waals surface area (Å²) in [6, 6.07) is 11.6. The van der Waals surface area contributed by atoms with E-state index in [2.05, 4.69) is 31.4 Å². The van der Waals surface area contributed by atoms with Crippen LogP contribution in [0, 0.1) is 5.92 Å². The van der Waals surface area contributed by atoms with Crippen LogP contribution >= 0.6 is 27.5 Å². The Hall–Kier alpha value is -1.79. The summed E-state index contributed by atoms with van der Waals surface area (Å²) in [5.41, 5.74) is 1.80. The number of hydrogen-bond donors (Lipinski definition) is 1. The molecule has 2 atom stereocenters. The quantitative estimate of drug-likeness (QED) is 0.798. The summed E-state index contributed by atoms with van der Waals surface area (Å²) in [4.78, 5) is 10.3. The molecular weight excluding hydrogens is 406 g/mol. The number of hydrogen-bond acceptors (Lipinski definition) is 5. The summed E-state index contributed by atoms with van der Waals surface area (Å²) < 4.78 is 6.07. The Morgan fingerprint density at radius 1 is 1.20 bits per heavy atom. The second kappa shape index (κ2) is 6.84. The molecule has 1 aromatic carbocycles. The van der Waals surface area contributed by atoms with Crippen molar-refractivity contribution in [1.82, 2.24) is 10.3 Å². The first-order valence-electron chi connectivity index (χ1n) is 8.12. The van der Waals surface area contributed by atoms with E-state index in [0.29, 0.717) is 23.3 Å². The van der Waals surface area contributed by atoms with Crippen LogP contribution in [0.2, 0.25) is 5.02 Å². The van der Waals surface area contributed by atoms with Crippen molar-refractivity contribution in [3.8, 4) is 5.88 Å². The number of rotatable bonds is 4. The van der Waals surface area contributed by atoms with Crippen LogP contribution in [0.5, 0.6) is 5.88 Å². The van der Waals surface area contributed by atoms with Gasteiger partial charge in [0.05, 0.1) is 17.6 Å². The van der Waals surface area contributed by atoms with Crippen LogP contribution in [0.25, 0.3) is 0 Å². The Bertz CT molecular complexity index is 808. The maximum atomic E-state index is 6.03. The van der Waals surface area contributed by atoms with Crippen LogP contribution in [-0.4, -0.2) is 24.0 Å². The molecule has 0 amide bonds. The maximum Gasteiger partial charge on any atom is 0.228 e. The number of amidine groups is 1. The lowest BCUT2D eigenvalue weighted by molar-refractivity contribution is 0.00617. The molecular formula is C18H17BrClN3O2. The highest BCUT2D eigenvalue weighted by Gasteiger charge is 2.42. The van der Waals surface area contributed by atoms with Gasteiger partial charge in [-0.15, -0.1) is 0 Å². The molecule has 1 N–H and O–H groups in total. The first kappa shape index (κ1) is 16.7. The first-order chi connectivity index (χ1) is 12.2. The molecule has 2 heterocycles. The standard InChI is InChI=1S/C18H17BrClN3O2/c1-24-18-13(19)8-9-14(21-18)17-22-15(10-4-6-12(20)7-5-10)16(25-23-17)11-2-3-11/h4-9,11,15-16H,2-3H2,1H3,(H,22,23)/t15-,16+/m0/s1. The van der Waals surface area contributed by atoms with Crippen LogP contribution in [0.15, 0.2) is 46.0 Å². The number of nitrogens with one attached hydrogen (secondary N) is 1. The molecule has 1 aliphatic heterocycles. The number of aromatic nitrogens is 1. The van der Waals surface area contributed by atoms with Crippen LogP contribution in [0.1, 0.15) is 30.1 Å². The lowest BCUT2D eigenvalue weighted by Gasteiger charge is -2.32. The molecule has 0 unspecified atom stereocenters. The fraction of sp³-hybridized carbons (Fsp3) is 0.333. The summed E-state index contributed by atoms with van der Waals surface area (Å²) in [5.74, 6) is 1.64. The molecule has 0 radical (unpaired) electrons. The van der Waals surface area contributed by atoms with Gasteiger partial charge in [0.2, 0.25) is 5.88 Å². The summed E-state index contributed by atoms with van der Waals surface area (Å²) in [5, 5.41) is 8.50. The Morgan fingerprint density at radius 3 is 2.64 bits per heavy atom. The van der Waals surface area contributed by atoms with E-state index in [4.69, 9.17) is 21.2 Å². The van der Waals surface area contributed by atoms with Gasteiger partial charge in [-0.25, -0.2) is 4.98 Å². The van der Waals surface area contributed by atoms with E-state index in [1.54, 1.807) is 7.11 Å². The van der Waals surface area contributed by atoms with Crippen molar-refractivity contribution in [3.05, 3.63) is 57.2 Å². The van der Waals surface area contributed by atoms with E-state index in [9.17, 15) is 0 Å². The van der Waals surface area contributed by atoms with Crippen molar-refractivity contribution in [2.24, 2.45) is 11.1 Å². The molecule has 1 aromatic heterocycles. The van der Waals surface area contributed by atoms with Crippen molar-refractivity contribution in [2.45, 2.75) is 25.0 Å². The third-order valence-corrected chi connectivity index (χ3v) is 5.31. The highest BCUT2D eigenvalue weighted by Crippen LogP contribution is 2.41. The van der Waals surface area contributed by atoms with Crippen molar-refractivity contribution in [2.75, 3.05) is 7.11 Å². The number of nitrogens with zero attached hydrogens (tertiary/aromatic N) is 2. The van der Waals surface area contributed by atoms with Crippen LogP contribution in [0.3, 0.4) is 0 Å². The molecule has 0 bridgehead atoms. The number of oxime groups is 1. The number of pyridine rings is 1. The zero-order valence-corrected chi connectivity index (χ0v) is 15.9. The zero-order chi connectivity index (χ0) is 17.4. The van der Waals surface area contributed by atoms with E-state index in [0.717, 1.165) is 15.1 Å². The van der Waals surface area contributed by atoms with E-state index >= 15 is 0 Å². The first-order valence-corrected chi connectivity index (χ1v) is 9.29. The highest BCUT2D eigenvalue weighted by atomic mass is 79.9. The Labute approximate surface area is 159 Å².